The Morgan fingerprint density at radius 1 is 1.33 bits per heavy atom. The summed E-state index contributed by atoms with van der Waals surface area (Å²) in [5.41, 5.74) is 7.02. The van der Waals surface area contributed by atoms with E-state index in [1.54, 1.807) is 29.2 Å². The topological polar surface area (TPSA) is 102 Å². The third-order valence-corrected chi connectivity index (χ3v) is 3.19. The second-order valence-electron chi connectivity index (χ2n) is 4.71. The van der Waals surface area contributed by atoms with Crippen LogP contribution in [0.25, 0.3) is 0 Å². The van der Waals surface area contributed by atoms with Crippen LogP contribution in [-0.4, -0.2) is 43.0 Å². The van der Waals surface area contributed by atoms with Gasteiger partial charge >= 0.3 is 6.03 Å². The fraction of sp³-hybridized carbons (Fsp3) is 0.357. The molecule has 0 spiro atoms. The third-order valence-electron chi connectivity index (χ3n) is 3.19. The summed E-state index contributed by atoms with van der Waals surface area (Å²) in [6, 6.07) is 8.78. The molecule has 2 rings (SSSR count). The van der Waals surface area contributed by atoms with Crippen LogP contribution in [-0.2, 0) is 4.79 Å². The number of nitrogens with zero attached hydrogens (tertiary/aromatic N) is 3. The molecule has 1 aliphatic heterocycles. The van der Waals surface area contributed by atoms with Gasteiger partial charge in [0, 0.05) is 31.0 Å². The Bertz CT molecular complexity index is 564. The minimum absolute atomic E-state index is 0.00966. The smallest absolute Gasteiger partial charge is 0.325 e. The predicted octanol–water partition coefficient (Wildman–Crippen LogP) is 0.541. The lowest BCUT2D eigenvalue weighted by Crippen LogP contribution is -2.40. The molecular weight excluding hydrogens is 270 g/mol. The summed E-state index contributed by atoms with van der Waals surface area (Å²) in [5, 5.41) is 11.0. The Labute approximate surface area is 122 Å². The zero-order valence-electron chi connectivity index (χ0n) is 11.6. The summed E-state index contributed by atoms with van der Waals surface area (Å²) >= 11 is 0. The average molecular weight is 287 g/mol. The first kappa shape index (κ1) is 14.7. The molecule has 0 saturated carbocycles. The fourth-order valence-electron chi connectivity index (χ4n) is 2.11. The van der Waals surface area contributed by atoms with E-state index in [0.29, 0.717) is 25.3 Å². The predicted molar refractivity (Wildman–Crippen MR) is 78.4 cm³/mol. The van der Waals surface area contributed by atoms with Crippen molar-refractivity contribution in [2.75, 3.05) is 36.8 Å². The van der Waals surface area contributed by atoms with Gasteiger partial charge < -0.3 is 16.0 Å². The van der Waals surface area contributed by atoms with Crippen molar-refractivity contribution in [2.24, 2.45) is 0 Å². The largest absolute Gasteiger partial charge is 0.399 e. The number of amides is 3. The fourth-order valence-corrected chi connectivity index (χ4v) is 2.11. The van der Waals surface area contributed by atoms with Gasteiger partial charge in [0.2, 0.25) is 5.91 Å². The molecule has 0 aliphatic carbocycles. The van der Waals surface area contributed by atoms with E-state index in [9.17, 15) is 9.59 Å². The van der Waals surface area contributed by atoms with E-state index < -0.39 is 0 Å². The molecule has 7 heteroatoms. The van der Waals surface area contributed by atoms with Crippen LogP contribution < -0.4 is 16.0 Å². The molecule has 3 amide bonds. The van der Waals surface area contributed by atoms with Gasteiger partial charge in [0.15, 0.2) is 0 Å². The number of anilines is 2. The molecule has 0 bridgehead atoms. The van der Waals surface area contributed by atoms with Crippen LogP contribution in [0.4, 0.5) is 16.2 Å². The minimum atomic E-state index is -0.252. The van der Waals surface area contributed by atoms with Gasteiger partial charge in [0.25, 0.3) is 0 Å². The highest BCUT2D eigenvalue weighted by molar-refractivity contribution is 5.96. The Kier molecular flexibility index (Phi) is 4.61. The average Bonchev–Trinajstić information content (AvgIpc) is 2.82. The molecule has 1 aliphatic rings. The third kappa shape index (κ3) is 3.63. The van der Waals surface area contributed by atoms with Crippen molar-refractivity contribution in [3.05, 3.63) is 24.3 Å². The Morgan fingerprint density at radius 2 is 2.05 bits per heavy atom. The number of carbonyl (C=O) groups excluding carboxylic acids is 2. The molecule has 3 N–H and O–H groups in total. The van der Waals surface area contributed by atoms with Gasteiger partial charge in [-0.1, -0.05) is 0 Å². The van der Waals surface area contributed by atoms with Gasteiger partial charge in [-0.15, -0.1) is 0 Å². The van der Waals surface area contributed by atoms with E-state index in [-0.39, 0.29) is 24.9 Å². The van der Waals surface area contributed by atoms with Crippen molar-refractivity contribution in [1.82, 2.24) is 10.2 Å². The number of nitriles is 1. The van der Waals surface area contributed by atoms with Crippen molar-refractivity contribution >= 4 is 23.3 Å². The van der Waals surface area contributed by atoms with Gasteiger partial charge in [-0.3, -0.25) is 9.69 Å². The zero-order chi connectivity index (χ0) is 15.2. The number of hydrogen-bond acceptors (Lipinski definition) is 4. The molecular formula is C14H17N5O2. The van der Waals surface area contributed by atoms with E-state index >= 15 is 0 Å². The Balaban J connectivity index is 1.91. The summed E-state index contributed by atoms with van der Waals surface area (Å²) in [6.45, 7) is 1.35. The lowest BCUT2D eigenvalue weighted by molar-refractivity contribution is -0.121. The molecule has 0 radical (unpaired) electrons. The second-order valence-corrected chi connectivity index (χ2v) is 4.71. The van der Waals surface area contributed by atoms with Crippen LogP contribution in [0.3, 0.4) is 0 Å². The summed E-state index contributed by atoms with van der Waals surface area (Å²) in [4.78, 5) is 27.0. The lowest BCUT2D eigenvalue weighted by atomic mass is 10.2. The summed E-state index contributed by atoms with van der Waals surface area (Å²) < 4.78 is 0. The second kappa shape index (κ2) is 6.61. The van der Waals surface area contributed by atoms with Crippen molar-refractivity contribution < 1.29 is 9.59 Å². The quantitative estimate of drug-likeness (QED) is 0.609. The van der Waals surface area contributed by atoms with Crippen molar-refractivity contribution in [2.45, 2.75) is 6.42 Å². The van der Waals surface area contributed by atoms with Crippen LogP contribution in [0, 0.1) is 11.3 Å². The first-order valence-corrected chi connectivity index (χ1v) is 6.67. The standard InChI is InChI=1S/C14H17N5O2/c15-6-1-7-17-13(20)10-18-8-9-19(14(18)21)12-4-2-11(16)3-5-12/h2-5H,1,7-10,16H2,(H,17,20). The maximum Gasteiger partial charge on any atom is 0.325 e. The summed E-state index contributed by atoms with van der Waals surface area (Å²) in [5.74, 6) is -0.252. The lowest BCUT2D eigenvalue weighted by Gasteiger charge is -2.18. The Morgan fingerprint density at radius 3 is 2.71 bits per heavy atom. The van der Waals surface area contributed by atoms with Crippen LogP contribution in [0.2, 0.25) is 0 Å². The van der Waals surface area contributed by atoms with Gasteiger partial charge in [-0.25, -0.2) is 4.79 Å². The molecule has 21 heavy (non-hydrogen) atoms. The zero-order valence-corrected chi connectivity index (χ0v) is 11.6. The number of nitrogens with one attached hydrogen (secondary N) is 1. The van der Waals surface area contributed by atoms with Gasteiger partial charge in [0.05, 0.1) is 12.5 Å². The number of rotatable bonds is 5. The number of carbonyl (C=O) groups is 2. The number of urea groups is 1. The maximum absolute atomic E-state index is 12.2. The highest BCUT2D eigenvalue weighted by Crippen LogP contribution is 2.21. The van der Waals surface area contributed by atoms with E-state index in [1.165, 1.54) is 4.90 Å². The van der Waals surface area contributed by atoms with Crippen molar-refractivity contribution in [1.29, 1.82) is 5.26 Å². The van der Waals surface area contributed by atoms with Crippen LogP contribution >= 0.6 is 0 Å². The summed E-state index contributed by atoms with van der Waals surface area (Å²) in [6.07, 6.45) is 0.261. The van der Waals surface area contributed by atoms with Gasteiger partial charge in [0.1, 0.15) is 6.54 Å². The van der Waals surface area contributed by atoms with Crippen molar-refractivity contribution in [3.8, 4) is 6.07 Å². The minimum Gasteiger partial charge on any atom is -0.399 e. The molecule has 0 atom stereocenters. The molecule has 1 aromatic carbocycles. The molecule has 1 heterocycles. The van der Waals surface area contributed by atoms with Crippen LogP contribution in [0.1, 0.15) is 6.42 Å². The van der Waals surface area contributed by atoms with Gasteiger partial charge in [-0.05, 0) is 24.3 Å². The van der Waals surface area contributed by atoms with Crippen molar-refractivity contribution in [3.63, 3.8) is 0 Å². The molecule has 1 aromatic rings. The number of hydrogen-bond donors (Lipinski definition) is 2. The highest BCUT2D eigenvalue weighted by atomic mass is 16.2. The molecule has 1 saturated heterocycles. The van der Waals surface area contributed by atoms with Crippen LogP contribution in [0.15, 0.2) is 24.3 Å². The summed E-state index contributed by atoms with van der Waals surface area (Å²) in [7, 11) is 0. The maximum atomic E-state index is 12.2. The van der Waals surface area contributed by atoms with E-state index in [1.807, 2.05) is 6.07 Å². The highest BCUT2D eigenvalue weighted by Gasteiger charge is 2.30. The van der Waals surface area contributed by atoms with E-state index in [2.05, 4.69) is 5.32 Å². The normalized spacial score (nSPS) is 14.1. The first-order chi connectivity index (χ1) is 10.1. The number of benzene rings is 1. The molecule has 7 nitrogen and oxygen atoms in total. The molecule has 1 fully saturated rings. The monoisotopic (exact) mass is 287 g/mol. The van der Waals surface area contributed by atoms with Gasteiger partial charge in [-0.2, -0.15) is 5.26 Å². The molecule has 110 valence electrons. The molecule has 0 aromatic heterocycles. The SMILES string of the molecule is N#CCCNC(=O)CN1CCN(c2ccc(N)cc2)C1=O. The Hall–Kier alpha value is -2.75. The molecule has 0 unspecified atom stereocenters. The van der Waals surface area contributed by atoms with E-state index in [0.717, 1.165) is 5.69 Å². The number of nitrogens with two attached hydrogens (primary N) is 1. The van der Waals surface area contributed by atoms with E-state index in [4.69, 9.17) is 11.0 Å². The van der Waals surface area contributed by atoms with Crippen LogP contribution in [0.5, 0.6) is 0 Å². The number of nitrogen functional groups attached to an aromatic ring is 1. The first-order valence-electron chi connectivity index (χ1n) is 6.67.